The second-order valence-corrected chi connectivity index (χ2v) is 6.81. The zero-order chi connectivity index (χ0) is 15.1. The summed E-state index contributed by atoms with van der Waals surface area (Å²) in [7, 11) is 0. The van der Waals surface area contributed by atoms with Gasteiger partial charge in [0.1, 0.15) is 0 Å². The van der Waals surface area contributed by atoms with E-state index < -0.39 is 0 Å². The molecule has 0 radical (unpaired) electrons. The zero-order valence-corrected chi connectivity index (χ0v) is 14.5. The van der Waals surface area contributed by atoms with Crippen molar-refractivity contribution >= 4 is 45.2 Å². The Hall–Kier alpha value is -0.970. The molecule has 1 N–H and O–H groups in total. The van der Waals surface area contributed by atoms with Crippen molar-refractivity contribution in [1.29, 1.82) is 0 Å². The molecule has 0 heterocycles. The van der Waals surface area contributed by atoms with Crippen LogP contribution in [0.15, 0.2) is 53.0 Å². The average molecular weight is 385 g/mol. The van der Waals surface area contributed by atoms with Gasteiger partial charge in [-0.15, -0.1) is 0 Å². The van der Waals surface area contributed by atoms with Gasteiger partial charge in [0.25, 0.3) is 5.91 Å². The lowest BCUT2D eigenvalue weighted by molar-refractivity contribution is 0.0955. The van der Waals surface area contributed by atoms with Crippen LogP contribution in [0.5, 0.6) is 0 Å². The van der Waals surface area contributed by atoms with Crippen LogP contribution in [-0.4, -0.2) is 18.2 Å². The molecule has 2 aromatic carbocycles. The standard InChI is InChI=1S/C16H15BrClNOS/c17-15-4-2-1-3-14(15)16(20)19-9-10-21-11-12-5-7-13(18)8-6-12/h1-8H,9-11H2,(H,19,20). The van der Waals surface area contributed by atoms with E-state index in [9.17, 15) is 4.79 Å². The largest absolute Gasteiger partial charge is 0.351 e. The van der Waals surface area contributed by atoms with Gasteiger partial charge in [0.15, 0.2) is 0 Å². The molecule has 2 nitrogen and oxygen atoms in total. The first kappa shape index (κ1) is 16.4. The van der Waals surface area contributed by atoms with Crippen LogP contribution < -0.4 is 5.32 Å². The van der Waals surface area contributed by atoms with Gasteiger partial charge in [-0.05, 0) is 45.8 Å². The first-order chi connectivity index (χ1) is 10.2. The molecule has 0 atom stereocenters. The molecule has 0 saturated heterocycles. The predicted molar refractivity (Wildman–Crippen MR) is 94.1 cm³/mol. The minimum atomic E-state index is -0.0467. The fourth-order valence-corrected chi connectivity index (χ4v) is 3.16. The maximum atomic E-state index is 12.0. The van der Waals surface area contributed by atoms with Gasteiger partial charge in [0.05, 0.1) is 5.56 Å². The van der Waals surface area contributed by atoms with Gasteiger partial charge in [-0.1, -0.05) is 35.9 Å². The van der Waals surface area contributed by atoms with Crippen molar-refractivity contribution in [2.75, 3.05) is 12.3 Å². The number of hydrogen-bond acceptors (Lipinski definition) is 2. The Kier molecular flexibility index (Phi) is 6.61. The first-order valence-corrected chi connectivity index (χ1v) is 8.84. The molecule has 0 unspecified atom stereocenters. The van der Waals surface area contributed by atoms with Crippen molar-refractivity contribution in [3.8, 4) is 0 Å². The fraction of sp³-hybridized carbons (Fsp3) is 0.188. The number of thioether (sulfide) groups is 1. The van der Waals surface area contributed by atoms with E-state index >= 15 is 0 Å². The van der Waals surface area contributed by atoms with Gasteiger partial charge in [-0.2, -0.15) is 11.8 Å². The Morgan fingerprint density at radius 1 is 1.14 bits per heavy atom. The lowest BCUT2D eigenvalue weighted by Crippen LogP contribution is -2.26. The number of halogens is 2. The lowest BCUT2D eigenvalue weighted by Gasteiger charge is -2.07. The summed E-state index contributed by atoms with van der Waals surface area (Å²) in [5.74, 6) is 1.75. The van der Waals surface area contributed by atoms with Crippen molar-refractivity contribution < 1.29 is 4.79 Å². The van der Waals surface area contributed by atoms with Gasteiger partial charge in [0.2, 0.25) is 0 Å². The molecule has 110 valence electrons. The highest BCUT2D eigenvalue weighted by molar-refractivity contribution is 9.10. The summed E-state index contributed by atoms with van der Waals surface area (Å²) in [6.07, 6.45) is 0. The van der Waals surface area contributed by atoms with Gasteiger partial charge >= 0.3 is 0 Å². The molecule has 0 spiro atoms. The van der Waals surface area contributed by atoms with E-state index in [1.54, 1.807) is 17.8 Å². The molecular formula is C16H15BrClNOS. The molecule has 0 aliphatic carbocycles. The quantitative estimate of drug-likeness (QED) is 0.727. The Labute approximate surface area is 142 Å². The summed E-state index contributed by atoms with van der Waals surface area (Å²) in [6.45, 7) is 0.651. The maximum absolute atomic E-state index is 12.0. The minimum Gasteiger partial charge on any atom is -0.351 e. The highest BCUT2D eigenvalue weighted by atomic mass is 79.9. The molecule has 5 heteroatoms. The molecule has 21 heavy (non-hydrogen) atoms. The topological polar surface area (TPSA) is 29.1 Å². The normalized spacial score (nSPS) is 10.4. The molecule has 0 fully saturated rings. The van der Waals surface area contributed by atoms with E-state index in [0.717, 1.165) is 21.0 Å². The fourth-order valence-electron chi connectivity index (χ4n) is 1.75. The van der Waals surface area contributed by atoms with E-state index in [4.69, 9.17) is 11.6 Å². The second kappa shape index (κ2) is 8.47. The third-order valence-electron chi connectivity index (χ3n) is 2.83. The third-order valence-corrected chi connectivity index (χ3v) is 4.81. The van der Waals surface area contributed by atoms with Crippen LogP contribution in [0.2, 0.25) is 5.02 Å². The third kappa shape index (κ3) is 5.38. The van der Waals surface area contributed by atoms with E-state index in [0.29, 0.717) is 12.1 Å². The second-order valence-electron chi connectivity index (χ2n) is 4.41. The number of carbonyl (C=O) groups is 1. The van der Waals surface area contributed by atoms with Crippen molar-refractivity contribution in [3.63, 3.8) is 0 Å². The van der Waals surface area contributed by atoms with Gasteiger partial charge in [-0.3, -0.25) is 4.79 Å². The smallest absolute Gasteiger partial charge is 0.252 e. The number of hydrogen-bond donors (Lipinski definition) is 1. The Bertz CT molecular complexity index is 603. The predicted octanol–water partition coefficient (Wildman–Crippen LogP) is 4.77. The first-order valence-electron chi connectivity index (χ1n) is 6.52. The van der Waals surface area contributed by atoms with Crippen molar-refractivity contribution in [3.05, 3.63) is 69.2 Å². The van der Waals surface area contributed by atoms with Gasteiger partial charge in [0, 0.05) is 27.5 Å². The summed E-state index contributed by atoms with van der Waals surface area (Å²) in [6, 6.07) is 15.3. The van der Waals surface area contributed by atoms with Gasteiger partial charge in [-0.25, -0.2) is 0 Å². The number of amides is 1. The van der Waals surface area contributed by atoms with Crippen LogP contribution >= 0.6 is 39.3 Å². The van der Waals surface area contributed by atoms with Crippen molar-refractivity contribution in [1.82, 2.24) is 5.32 Å². The average Bonchev–Trinajstić information content (AvgIpc) is 2.49. The number of rotatable bonds is 6. The molecule has 0 aromatic heterocycles. The molecular weight excluding hydrogens is 370 g/mol. The summed E-state index contributed by atoms with van der Waals surface area (Å²) in [4.78, 5) is 12.0. The Balaban J connectivity index is 1.69. The minimum absolute atomic E-state index is 0.0467. The molecule has 2 aromatic rings. The summed E-state index contributed by atoms with van der Waals surface area (Å²) < 4.78 is 0.816. The Morgan fingerprint density at radius 2 is 1.86 bits per heavy atom. The monoisotopic (exact) mass is 383 g/mol. The maximum Gasteiger partial charge on any atom is 0.252 e. The molecule has 0 saturated carbocycles. The summed E-state index contributed by atoms with van der Waals surface area (Å²) in [5, 5.41) is 3.68. The SMILES string of the molecule is O=C(NCCSCc1ccc(Cl)cc1)c1ccccc1Br. The van der Waals surface area contributed by atoms with Crippen LogP contribution in [0, 0.1) is 0 Å². The summed E-state index contributed by atoms with van der Waals surface area (Å²) in [5.41, 5.74) is 1.90. The zero-order valence-electron chi connectivity index (χ0n) is 11.3. The number of benzene rings is 2. The van der Waals surface area contributed by atoms with Crippen LogP contribution in [0.1, 0.15) is 15.9 Å². The molecule has 0 aliphatic heterocycles. The van der Waals surface area contributed by atoms with E-state index in [-0.39, 0.29) is 5.91 Å². The molecule has 2 rings (SSSR count). The summed E-state index contributed by atoms with van der Waals surface area (Å²) >= 11 is 11.0. The van der Waals surface area contributed by atoms with Crippen LogP contribution in [0.3, 0.4) is 0 Å². The highest BCUT2D eigenvalue weighted by Gasteiger charge is 2.07. The molecule has 0 bridgehead atoms. The van der Waals surface area contributed by atoms with Crippen LogP contribution in [-0.2, 0) is 5.75 Å². The number of carbonyl (C=O) groups excluding carboxylic acids is 1. The van der Waals surface area contributed by atoms with Crippen molar-refractivity contribution in [2.24, 2.45) is 0 Å². The van der Waals surface area contributed by atoms with Crippen LogP contribution in [0.25, 0.3) is 0 Å². The molecule has 1 amide bonds. The number of nitrogens with one attached hydrogen (secondary N) is 1. The Morgan fingerprint density at radius 3 is 2.57 bits per heavy atom. The molecule has 0 aliphatic rings. The lowest BCUT2D eigenvalue weighted by atomic mass is 10.2. The van der Waals surface area contributed by atoms with E-state index in [1.165, 1.54) is 5.56 Å². The highest BCUT2D eigenvalue weighted by Crippen LogP contribution is 2.16. The van der Waals surface area contributed by atoms with Crippen LogP contribution in [0.4, 0.5) is 0 Å². The van der Waals surface area contributed by atoms with E-state index in [2.05, 4.69) is 21.2 Å². The van der Waals surface area contributed by atoms with E-state index in [1.807, 2.05) is 42.5 Å². The van der Waals surface area contributed by atoms with Gasteiger partial charge < -0.3 is 5.32 Å². The van der Waals surface area contributed by atoms with Crippen molar-refractivity contribution in [2.45, 2.75) is 5.75 Å².